The topological polar surface area (TPSA) is 17.8 Å². The van der Waals surface area contributed by atoms with E-state index in [9.17, 15) is 0 Å². The lowest BCUT2D eigenvalue weighted by Crippen LogP contribution is -2.35. The Bertz CT molecular complexity index is 1050. The number of rotatable bonds is 9. The summed E-state index contributed by atoms with van der Waals surface area (Å²) in [6.07, 6.45) is 8.52. The molecule has 0 fully saturated rings. The molecule has 4 aromatic rings. The van der Waals surface area contributed by atoms with Crippen molar-refractivity contribution in [2.24, 2.45) is 0 Å². The smallest absolute Gasteiger partial charge is 0.117 e. The molecule has 0 aliphatic carbocycles. The molecule has 0 radical (unpaired) electrons. The van der Waals surface area contributed by atoms with E-state index in [4.69, 9.17) is 4.98 Å². The van der Waals surface area contributed by atoms with Gasteiger partial charge in [0.15, 0.2) is 0 Å². The molecule has 0 amide bonds. The second-order valence-electron chi connectivity index (χ2n) is 8.63. The summed E-state index contributed by atoms with van der Waals surface area (Å²) in [5.41, 5.74) is 3.85. The van der Waals surface area contributed by atoms with Gasteiger partial charge in [-0.3, -0.25) is 0 Å². The molecule has 0 N–H and O–H groups in total. The van der Waals surface area contributed by atoms with Gasteiger partial charge in [-0.25, -0.2) is 4.98 Å². The van der Waals surface area contributed by atoms with Gasteiger partial charge in [-0.1, -0.05) is 106 Å². The molecule has 4 rings (SSSR count). The monoisotopic (exact) mass is 408 g/mol. The van der Waals surface area contributed by atoms with Gasteiger partial charge in [-0.05, 0) is 36.1 Å². The Labute approximate surface area is 186 Å². The van der Waals surface area contributed by atoms with Crippen molar-refractivity contribution in [3.05, 3.63) is 120 Å². The van der Waals surface area contributed by atoms with Crippen molar-refractivity contribution in [3.63, 3.8) is 0 Å². The Kier molecular flexibility index (Phi) is 6.66. The van der Waals surface area contributed by atoms with Gasteiger partial charge < -0.3 is 4.57 Å². The first-order valence-electron chi connectivity index (χ1n) is 11.4. The lowest BCUT2D eigenvalue weighted by atomic mass is 9.66. The minimum atomic E-state index is -0.0737. The molecule has 2 unspecified atom stereocenters. The van der Waals surface area contributed by atoms with E-state index in [0.717, 1.165) is 18.7 Å². The first kappa shape index (κ1) is 21.1. The zero-order chi connectivity index (χ0) is 21.5. The summed E-state index contributed by atoms with van der Waals surface area (Å²) in [5, 5.41) is 0. The number of hydrogen-bond acceptors (Lipinski definition) is 1. The Hall–Kier alpha value is -3.13. The molecule has 2 nitrogen and oxygen atoms in total. The van der Waals surface area contributed by atoms with Crippen molar-refractivity contribution in [1.82, 2.24) is 9.55 Å². The Morgan fingerprint density at radius 3 is 2.10 bits per heavy atom. The zero-order valence-corrected chi connectivity index (χ0v) is 18.6. The maximum atomic E-state index is 4.94. The summed E-state index contributed by atoms with van der Waals surface area (Å²) in [7, 11) is 0. The summed E-state index contributed by atoms with van der Waals surface area (Å²) in [4.78, 5) is 4.94. The average molecular weight is 409 g/mol. The molecule has 0 aliphatic heterocycles. The molecule has 1 aromatic heterocycles. The van der Waals surface area contributed by atoms with Gasteiger partial charge in [0.1, 0.15) is 5.82 Å². The normalized spacial score (nSPS) is 14.1. The van der Waals surface area contributed by atoms with Gasteiger partial charge in [0.2, 0.25) is 0 Å². The van der Waals surface area contributed by atoms with Gasteiger partial charge in [0.05, 0.1) is 0 Å². The van der Waals surface area contributed by atoms with Crippen LogP contribution in [0.1, 0.15) is 56.0 Å². The summed E-state index contributed by atoms with van der Waals surface area (Å²) >= 11 is 0. The molecule has 1 heterocycles. The van der Waals surface area contributed by atoms with Crippen LogP contribution in [0.3, 0.4) is 0 Å². The van der Waals surface area contributed by atoms with Gasteiger partial charge in [0, 0.05) is 29.4 Å². The molecule has 3 aromatic carbocycles. The van der Waals surface area contributed by atoms with E-state index < -0.39 is 0 Å². The second kappa shape index (κ2) is 9.78. The number of benzene rings is 3. The van der Waals surface area contributed by atoms with E-state index in [2.05, 4.69) is 116 Å². The summed E-state index contributed by atoms with van der Waals surface area (Å²) in [5.74, 6) is 1.45. The number of aromatic nitrogens is 2. The quantitative estimate of drug-likeness (QED) is 0.283. The highest BCUT2D eigenvalue weighted by Crippen LogP contribution is 2.44. The minimum absolute atomic E-state index is 0.0737. The van der Waals surface area contributed by atoms with Crippen LogP contribution < -0.4 is 0 Å². The first-order chi connectivity index (χ1) is 15.2. The van der Waals surface area contributed by atoms with Crippen LogP contribution in [0.2, 0.25) is 0 Å². The Morgan fingerprint density at radius 1 is 0.839 bits per heavy atom. The fourth-order valence-electron chi connectivity index (χ4n) is 4.79. The van der Waals surface area contributed by atoms with Crippen LogP contribution in [0.5, 0.6) is 0 Å². The van der Waals surface area contributed by atoms with Gasteiger partial charge in [0.25, 0.3) is 0 Å². The van der Waals surface area contributed by atoms with Crippen LogP contribution in [-0.4, -0.2) is 9.55 Å². The highest BCUT2D eigenvalue weighted by molar-refractivity contribution is 5.37. The molecule has 2 atom stereocenters. The fraction of sp³-hybridized carbons (Fsp3) is 0.276. The number of imidazole rings is 1. The number of hydrogen-bond donors (Lipinski definition) is 0. The minimum Gasteiger partial charge on any atom is -0.304 e. The van der Waals surface area contributed by atoms with Gasteiger partial charge in [-0.2, -0.15) is 0 Å². The molecule has 0 bridgehead atoms. The van der Waals surface area contributed by atoms with Crippen molar-refractivity contribution in [3.8, 4) is 5.69 Å². The van der Waals surface area contributed by atoms with E-state index in [1.807, 2.05) is 6.20 Å². The van der Waals surface area contributed by atoms with Crippen molar-refractivity contribution in [2.45, 2.75) is 50.9 Å². The highest BCUT2D eigenvalue weighted by atomic mass is 15.1. The maximum absolute atomic E-state index is 4.94. The van der Waals surface area contributed by atoms with E-state index in [1.165, 1.54) is 29.7 Å². The summed E-state index contributed by atoms with van der Waals surface area (Å²) in [6, 6.07) is 32.5. The van der Waals surface area contributed by atoms with Crippen LogP contribution in [0, 0.1) is 0 Å². The van der Waals surface area contributed by atoms with E-state index in [1.54, 1.807) is 0 Å². The van der Waals surface area contributed by atoms with E-state index >= 15 is 0 Å². The lowest BCUT2D eigenvalue weighted by molar-refractivity contribution is 0.332. The van der Waals surface area contributed by atoms with Crippen LogP contribution in [0.4, 0.5) is 0 Å². The molecule has 0 spiro atoms. The molecule has 0 saturated carbocycles. The summed E-state index contributed by atoms with van der Waals surface area (Å²) in [6.45, 7) is 4.71. The lowest BCUT2D eigenvalue weighted by Gasteiger charge is -2.39. The molecule has 158 valence electrons. The molecule has 0 aliphatic rings. The van der Waals surface area contributed by atoms with E-state index in [-0.39, 0.29) is 5.41 Å². The van der Waals surface area contributed by atoms with Crippen molar-refractivity contribution >= 4 is 0 Å². The Morgan fingerprint density at radius 2 is 1.45 bits per heavy atom. The standard InChI is InChI=1S/C29H32N2/c1-3-4-20-27(28-30-21-22-31(28)26-18-12-7-13-19-26)29(2,25-16-10-6-11-17-25)23-24-14-8-5-9-15-24/h5-19,21-22,27H,3-4,20,23H2,1-2H3. The third kappa shape index (κ3) is 4.64. The second-order valence-corrected chi connectivity index (χ2v) is 8.63. The first-order valence-corrected chi connectivity index (χ1v) is 11.4. The van der Waals surface area contributed by atoms with Crippen LogP contribution >= 0.6 is 0 Å². The molecule has 0 saturated heterocycles. The number of para-hydroxylation sites is 1. The Balaban J connectivity index is 1.84. The molecular weight excluding hydrogens is 376 g/mol. The molecule has 2 heteroatoms. The molecule has 31 heavy (non-hydrogen) atoms. The van der Waals surface area contributed by atoms with Crippen LogP contribution in [0.25, 0.3) is 5.69 Å². The van der Waals surface area contributed by atoms with E-state index in [0.29, 0.717) is 5.92 Å². The third-order valence-corrected chi connectivity index (χ3v) is 6.48. The van der Waals surface area contributed by atoms with Crippen molar-refractivity contribution < 1.29 is 0 Å². The number of unbranched alkanes of at least 4 members (excludes halogenated alkanes) is 1. The third-order valence-electron chi connectivity index (χ3n) is 6.48. The van der Waals surface area contributed by atoms with Crippen molar-refractivity contribution in [2.75, 3.05) is 0 Å². The SMILES string of the molecule is CCCCC(c1nccn1-c1ccccc1)C(C)(Cc1ccccc1)c1ccccc1. The highest BCUT2D eigenvalue weighted by Gasteiger charge is 2.39. The maximum Gasteiger partial charge on any atom is 0.117 e. The van der Waals surface area contributed by atoms with Gasteiger partial charge >= 0.3 is 0 Å². The zero-order valence-electron chi connectivity index (χ0n) is 18.6. The largest absolute Gasteiger partial charge is 0.304 e. The fourth-order valence-corrected chi connectivity index (χ4v) is 4.79. The predicted octanol–water partition coefficient (Wildman–Crippen LogP) is 7.35. The van der Waals surface area contributed by atoms with Crippen LogP contribution in [0.15, 0.2) is 103 Å². The predicted molar refractivity (Wildman–Crippen MR) is 130 cm³/mol. The molecular formula is C29H32N2. The van der Waals surface area contributed by atoms with Crippen LogP contribution in [-0.2, 0) is 11.8 Å². The average Bonchev–Trinajstić information content (AvgIpc) is 3.30. The summed E-state index contributed by atoms with van der Waals surface area (Å²) < 4.78 is 2.28. The number of nitrogens with zero attached hydrogens (tertiary/aromatic N) is 2. The van der Waals surface area contributed by atoms with Crippen molar-refractivity contribution in [1.29, 1.82) is 0 Å². The van der Waals surface area contributed by atoms with Gasteiger partial charge in [-0.15, -0.1) is 0 Å².